The first-order valence-corrected chi connectivity index (χ1v) is 16.7. The molecule has 278 valence electrons. The summed E-state index contributed by atoms with van der Waals surface area (Å²) in [5.41, 5.74) is -0.0765. The maximum Gasteiger partial charge on any atom is 0.416 e. The summed E-state index contributed by atoms with van der Waals surface area (Å²) in [6.07, 6.45) is -0.984. The van der Waals surface area contributed by atoms with Gasteiger partial charge in [0.25, 0.3) is 0 Å². The highest BCUT2D eigenvalue weighted by atomic mass is 19.4. The van der Waals surface area contributed by atoms with Gasteiger partial charge < -0.3 is 47.9 Å². The second-order valence-electron chi connectivity index (χ2n) is 10.5. The van der Waals surface area contributed by atoms with Gasteiger partial charge in [-0.25, -0.2) is 4.79 Å². The van der Waals surface area contributed by atoms with E-state index in [2.05, 4.69) is 12.2 Å². The number of rotatable bonds is 31. The van der Waals surface area contributed by atoms with Crippen LogP contribution in [0.25, 0.3) is 0 Å². The number of unbranched alkanes of at least 4 members (excludes halogenated alkanes) is 2. The molecule has 2 aromatic carbocycles. The third-order valence-corrected chi connectivity index (χ3v) is 6.57. The SMILES string of the molecule is CCCCCOCCOCCOCCOCCOCCOCCOCCOCCOC(=O)c1ccccc1Nc1cccc(C(F)(F)F)c1. The van der Waals surface area contributed by atoms with Crippen molar-refractivity contribution in [2.24, 2.45) is 0 Å². The molecule has 0 amide bonds. The van der Waals surface area contributed by atoms with Gasteiger partial charge in [0.2, 0.25) is 0 Å². The van der Waals surface area contributed by atoms with Crippen LogP contribution in [0.5, 0.6) is 0 Å². The van der Waals surface area contributed by atoms with Crippen LogP contribution in [0.2, 0.25) is 0 Å². The highest BCUT2D eigenvalue weighted by Gasteiger charge is 2.30. The van der Waals surface area contributed by atoms with Gasteiger partial charge in [-0.15, -0.1) is 0 Å². The predicted molar refractivity (Wildman–Crippen MR) is 178 cm³/mol. The van der Waals surface area contributed by atoms with Gasteiger partial charge in [0.15, 0.2) is 0 Å². The minimum absolute atomic E-state index is 0.00395. The molecule has 0 saturated heterocycles. The van der Waals surface area contributed by atoms with Crippen LogP contribution in [-0.2, 0) is 48.8 Å². The minimum Gasteiger partial charge on any atom is -0.460 e. The van der Waals surface area contributed by atoms with Crippen molar-refractivity contribution < 1.29 is 60.6 Å². The molecule has 0 unspecified atom stereocenters. The maximum atomic E-state index is 13.0. The molecule has 2 rings (SSSR count). The van der Waals surface area contributed by atoms with Gasteiger partial charge in [-0.2, -0.15) is 13.2 Å². The van der Waals surface area contributed by atoms with E-state index in [1.54, 1.807) is 18.2 Å². The van der Waals surface area contributed by atoms with E-state index >= 15 is 0 Å². The molecule has 1 N–H and O–H groups in total. The summed E-state index contributed by atoms with van der Waals surface area (Å²) < 4.78 is 88.0. The topological polar surface area (TPSA) is 112 Å². The number of benzene rings is 2. The monoisotopic (exact) mass is 703 g/mol. The van der Waals surface area contributed by atoms with Gasteiger partial charge in [-0.05, 0) is 36.8 Å². The van der Waals surface area contributed by atoms with Crippen LogP contribution in [0.4, 0.5) is 24.5 Å². The zero-order valence-corrected chi connectivity index (χ0v) is 28.5. The Morgan fingerprint density at radius 2 is 1.02 bits per heavy atom. The average Bonchev–Trinajstić information content (AvgIpc) is 3.09. The first kappa shape index (κ1) is 42.3. The van der Waals surface area contributed by atoms with Crippen molar-refractivity contribution in [3.8, 4) is 0 Å². The van der Waals surface area contributed by atoms with Crippen LogP contribution >= 0.6 is 0 Å². The highest BCUT2D eigenvalue weighted by Crippen LogP contribution is 2.32. The zero-order chi connectivity index (χ0) is 35.3. The Hall–Kier alpha value is -2.82. The number of carbonyl (C=O) groups excluding carboxylic acids is 1. The Balaban J connectivity index is 1.34. The van der Waals surface area contributed by atoms with E-state index in [-0.39, 0.29) is 24.5 Å². The fraction of sp³-hybridized carbons (Fsp3) is 0.629. The van der Waals surface area contributed by atoms with E-state index in [1.807, 2.05) is 0 Å². The number of esters is 1. The zero-order valence-electron chi connectivity index (χ0n) is 28.5. The summed E-state index contributed by atoms with van der Waals surface area (Å²) in [6.45, 7) is 9.69. The number of anilines is 2. The van der Waals surface area contributed by atoms with Crippen LogP contribution < -0.4 is 5.32 Å². The van der Waals surface area contributed by atoms with Crippen LogP contribution in [0.1, 0.15) is 42.1 Å². The van der Waals surface area contributed by atoms with E-state index in [0.29, 0.717) is 98.2 Å². The van der Waals surface area contributed by atoms with Crippen LogP contribution in [0, 0.1) is 0 Å². The maximum absolute atomic E-state index is 13.0. The lowest BCUT2D eigenvalue weighted by atomic mass is 10.1. The van der Waals surface area contributed by atoms with E-state index in [9.17, 15) is 18.0 Å². The molecule has 0 spiro atoms. The van der Waals surface area contributed by atoms with E-state index in [1.165, 1.54) is 31.0 Å². The summed E-state index contributed by atoms with van der Waals surface area (Å²) in [6, 6.07) is 11.2. The Morgan fingerprint density at radius 3 is 1.49 bits per heavy atom. The minimum atomic E-state index is -4.47. The molecule has 11 nitrogen and oxygen atoms in total. The number of alkyl halides is 3. The number of para-hydroxylation sites is 1. The molecule has 14 heteroatoms. The number of hydrogen-bond acceptors (Lipinski definition) is 11. The molecule has 0 radical (unpaired) electrons. The number of nitrogens with one attached hydrogen (secondary N) is 1. The van der Waals surface area contributed by atoms with Crippen LogP contribution in [-0.4, -0.2) is 118 Å². The van der Waals surface area contributed by atoms with E-state index in [0.717, 1.165) is 25.2 Å². The van der Waals surface area contributed by atoms with E-state index in [4.69, 9.17) is 42.6 Å². The molecule has 0 aliphatic heterocycles. The van der Waals surface area contributed by atoms with Crippen molar-refractivity contribution in [1.29, 1.82) is 0 Å². The van der Waals surface area contributed by atoms with Crippen LogP contribution in [0.3, 0.4) is 0 Å². The summed E-state index contributed by atoms with van der Waals surface area (Å²) in [5.74, 6) is -0.624. The molecule has 0 aliphatic carbocycles. The van der Waals surface area contributed by atoms with Gasteiger partial charge in [0.1, 0.15) is 6.61 Å². The molecule has 0 fully saturated rings. The molecule has 0 aromatic heterocycles. The molecule has 0 saturated carbocycles. The normalized spacial score (nSPS) is 11.6. The Bertz CT molecular complexity index is 1110. The molecular formula is C35H52F3NO10. The summed E-state index contributed by atoms with van der Waals surface area (Å²) in [7, 11) is 0. The van der Waals surface area contributed by atoms with Crippen molar-refractivity contribution in [3.63, 3.8) is 0 Å². The van der Waals surface area contributed by atoms with Crippen molar-refractivity contribution in [2.75, 3.05) is 118 Å². The molecule has 49 heavy (non-hydrogen) atoms. The molecule has 0 atom stereocenters. The fourth-order valence-electron chi connectivity index (χ4n) is 4.07. The van der Waals surface area contributed by atoms with Crippen molar-refractivity contribution in [2.45, 2.75) is 32.4 Å². The Kier molecular flexibility index (Phi) is 24.1. The Labute approximate surface area is 287 Å². The lowest BCUT2D eigenvalue weighted by molar-refractivity contribution is -0.137. The first-order valence-electron chi connectivity index (χ1n) is 16.7. The van der Waals surface area contributed by atoms with Gasteiger partial charge >= 0.3 is 12.1 Å². The van der Waals surface area contributed by atoms with Crippen molar-refractivity contribution >= 4 is 17.3 Å². The number of carbonyl (C=O) groups is 1. The van der Waals surface area contributed by atoms with E-state index < -0.39 is 17.7 Å². The summed E-state index contributed by atoms with van der Waals surface area (Å²) >= 11 is 0. The fourth-order valence-corrected chi connectivity index (χ4v) is 4.07. The van der Waals surface area contributed by atoms with Gasteiger partial charge in [-0.3, -0.25) is 0 Å². The third kappa shape index (κ3) is 21.8. The molecule has 0 bridgehead atoms. The standard InChI is InChI=1S/C35H52F3NO10/c1-2-3-6-12-41-13-14-42-15-16-43-17-18-44-19-20-45-21-22-46-23-24-47-25-26-48-27-28-49-34(40)32-10-4-5-11-33(32)39-31-9-7-8-30(29-31)35(36,37)38/h4-5,7-11,29,39H,2-3,6,12-28H2,1H3. The summed E-state index contributed by atoms with van der Waals surface area (Å²) in [4.78, 5) is 12.6. The second kappa shape index (κ2) is 27.9. The van der Waals surface area contributed by atoms with Crippen molar-refractivity contribution in [1.82, 2.24) is 0 Å². The second-order valence-corrected chi connectivity index (χ2v) is 10.5. The average molecular weight is 704 g/mol. The first-order chi connectivity index (χ1) is 23.9. The third-order valence-electron chi connectivity index (χ3n) is 6.57. The number of ether oxygens (including phenoxy) is 9. The Morgan fingerprint density at radius 1 is 0.571 bits per heavy atom. The van der Waals surface area contributed by atoms with Crippen molar-refractivity contribution in [3.05, 3.63) is 59.7 Å². The number of halogens is 3. The molecule has 2 aromatic rings. The smallest absolute Gasteiger partial charge is 0.416 e. The highest BCUT2D eigenvalue weighted by molar-refractivity contribution is 5.96. The lowest BCUT2D eigenvalue weighted by Gasteiger charge is -2.13. The van der Waals surface area contributed by atoms with Crippen LogP contribution in [0.15, 0.2) is 48.5 Å². The van der Waals surface area contributed by atoms with Gasteiger partial charge in [0.05, 0.1) is 116 Å². The summed E-state index contributed by atoms with van der Waals surface area (Å²) in [5, 5.41) is 2.86. The molecule has 0 aliphatic rings. The molecular weight excluding hydrogens is 651 g/mol. The number of hydrogen-bond donors (Lipinski definition) is 1. The predicted octanol–water partition coefficient (Wildman–Crippen LogP) is 5.93. The van der Waals surface area contributed by atoms with Gasteiger partial charge in [0, 0.05) is 12.3 Å². The largest absolute Gasteiger partial charge is 0.460 e. The lowest BCUT2D eigenvalue weighted by Crippen LogP contribution is -2.16. The van der Waals surface area contributed by atoms with Gasteiger partial charge in [-0.1, -0.05) is 38.0 Å². The quantitative estimate of drug-likeness (QED) is 0.0746. The molecule has 0 heterocycles.